The number of hydrazine groups is 1. The topological polar surface area (TPSA) is 58.2 Å². The van der Waals surface area contributed by atoms with E-state index in [-0.39, 0.29) is 0 Å². The van der Waals surface area contributed by atoms with E-state index in [1.165, 1.54) is 0 Å². The van der Waals surface area contributed by atoms with Crippen molar-refractivity contribution in [2.24, 2.45) is 0 Å². The van der Waals surface area contributed by atoms with Gasteiger partial charge >= 0.3 is 19.1 Å². The summed E-state index contributed by atoms with van der Waals surface area (Å²) < 4.78 is 18.9. The second kappa shape index (κ2) is 4.63. The predicted octanol–water partition coefficient (Wildman–Crippen LogP) is -2.53. The molecule has 0 aliphatic rings. The standard InChI is InChI=1S/H4N2O2Si2/c3-5-1-2-6-4/h1-2,5-6H. The zero-order valence-electron chi connectivity index (χ0n) is 2.97. The Morgan fingerprint density at radius 3 is 1.50 bits per heavy atom. The summed E-state index contributed by atoms with van der Waals surface area (Å²) in [5.41, 5.74) is 0. The molecule has 0 aliphatic carbocycles. The van der Waals surface area contributed by atoms with Gasteiger partial charge in [-0.3, -0.25) is 0 Å². The number of nitrogens with one attached hydrogen (secondary N) is 2. The first-order valence-electron chi connectivity index (χ1n) is 1.30. The molecule has 0 saturated carbocycles. The summed E-state index contributed by atoms with van der Waals surface area (Å²) in [5.74, 6) is 0. The summed E-state index contributed by atoms with van der Waals surface area (Å²) in [7, 11) is -2.01. The lowest BCUT2D eigenvalue weighted by molar-refractivity contribution is 0.547. The van der Waals surface area contributed by atoms with Crippen LogP contribution in [0.1, 0.15) is 0 Å². The molecule has 6 heavy (non-hydrogen) atoms. The fourth-order valence-corrected chi connectivity index (χ4v) is 0.612. The molecule has 0 fully saturated rings. The van der Waals surface area contributed by atoms with E-state index in [0.717, 1.165) is 0 Å². The molecule has 0 aromatic rings. The van der Waals surface area contributed by atoms with Crippen LogP contribution in [0.4, 0.5) is 0 Å². The molecule has 0 radical (unpaired) electrons. The smallest absolute Gasteiger partial charge is 0.362 e. The van der Waals surface area contributed by atoms with Gasteiger partial charge in [-0.05, 0) is 0 Å². The summed E-state index contributed by atoms with van der Waals surface area (Å²) in [6.45, 7) is 0. The third-order valence-corrected chi connectivity index (χ3v) is 1.10. The molecule has 0 spiro atoms. The zero-order valence-corrected chi connectivity index (χ0v) is 5.28. The second-order valence-electron chi connectivity index (χ2n) is 0.524. The van der Waals surface area contributed by atoms with Crippen molar-refractivity contribution in [1.29, 1.82) is 0 Å². The van der Waals surface area contributed by atoms with Crippen molar-refractivity contribution in [3.05, 3.63) is 0 Å². The quantitative estimate of drug-likeness (QED) is 0.245. The molecule has 6 heteroatoms. The summed E-state index contributed by atoms with van der Waals surface area (Å²) >= 11 is 0. The lowest BCUT2D eigenvalue weighted by Crippen LogP contribution is -2.30. The van der Waals surface area contributed by atoms with E-state index in [1.54, 1.807) is 0 Å². The van der Waals surface area contributed by atoms with E-state index in [4.69, 9.17) is 0 Å². The Morgan fingerprint density at radius 2 is 1.33 bits per heavy atom. The van der Waals surface area contributed by atoms with E-state index >= 15 is 0 Å². The highest BCUT2D eigenvalue weighted by molar-refractivity contribution is 6.18. The Kier molecular flexibility index (Phi) is 4.35. The van der Waals surface area contributed by atoms with E-state index < -0.39 is 19.1 Å². The van der Waals surface area contributed by atoms with Gasteiger partial charge < -0.3 is 19.1 Å². The predicted molar refractivity (Wildman–Crippen MR) is 21.9 cm³/mol. The molecule has 2 N–H and O–H groups in total. The number of rotatable bonds is 3. The van der Waals surface area contributed by atoms with Gasteiger partial charge in [0.1, 0.15) is 0 Å². The molecule has 0 heterocycles. The molecule has 0 saturated heterocycles. The third kappa shape index (κ3) is 3.63. The van der Waals surface area contributed by atoms with Crippen LogP contribution in [0, 0.1) is 0 Å². The molecule has 0 amide bonds. The molecule has 0 aromatic carbocycles. The van der Waals surface area contributed by atoms with Crippen LogP contribution < -0.4 is 10.2 Å². The van der Waals surface area contributed by atoms with Crippen molar-refractivity contribution in [3.63, 3.8) is 0 Å². The monoisotopic (exact) mass is 120 g/mol. The molecule has 4 nitrogen and oxygen atoms in total. The Balaban J connectivity index is 2.66. The van der Waals surface area contributed by atoms with Crippen molar-refractivity contribution < 1.29 is 8.92 Å². The van der Waals surface area contributed by atoms with Gasteiger partial charge in [0.05, 0.1) is 0 Å². The van der Waals surface area contributed by atoms with Gasteiger partial charge in [-0.25, -0.2) is 0 Å². The molecular formula is H4N2O2Si2. The van der Waals surface area contributed by atoms with Gasteiger partial charge in [0.25, 0.3) is 0 Å². The average molecular weight is 120 g/mol. The maximum Gasteiger partial charge on any atom is 0.395 e. The first-order chi connectivity index (χ1) is 2.91. The van der Waals surface area contributed by atoms with Crippen LogP contribution in [0.2, 0.25) is 0 Å². The summed E-state index contributed by atoms with van der Waals surface area (Å²) in [6, 6.07) is 0. The van der Waals surface area contributed by atoms with Crippen molar-refractivity contribution in [2.75, 3.05) is 0 Å². The largest absolute Gasteiger partial charge is 0.395 e. The highest BCUT2D eigenvalue weighted by Gasteiger charge is 1.67. The molecule has 0 atom stereocenters. The molecule has 0 unspecified atom stereocenters. The summed E-state index contributed by atoms with van der Waals surface area (Å²) in [5, 5.41) is 4.40. The van der Waals surface area contributed by atoms with Crippen LogP contribution >= 0.6 is 0 Å². The lowest BCUT2D eigenvalue weighted by atomic mass is 12.9. The number of hydrogen-bond acceptors (Lipinski definition) is 2. The van der Waals surface area contributed by atoms with Crippen LogP contribution in [0.5, 0.6) is 0 Å². The SMILES string of the molecule is O=[SiH]NN[SiH]=O. The fourth-order valence-electron chi connectivity index (χ4n) is 0.0680. The van der Waals surface area contributed by atoms with Gasteiger partial charge in [-0.15, -0.1) is 0 Å². The van der Waals surface area contributed by atoms with Gasteiger partial charge in [0.15, 0.2) is 0 Å². The lowest BCUT2D eigenvalue weighted by Gasteiger charge is -1.84. The van der Waals surface area contributed by atoms with Crippen molar-refractivity contribution in [2.45, 2.75) is 0 Å². The highest BCUT2D eigenvalue weighted by atomic mass is 28.2. The Labute approximate surface area is 39.2 Å². The average Bonchev–Trinajstić information content (AvgIpc) is 1.61. The Morgan fingerprint density at radius 1 is 1.00 bits per heavy atom. The van der Waals surface area contributed by atoms with Gasteiger partial charge in [0, 0.05) is 0 Å². The summed E-state index contributed by atoms with van der Waals surface area (Å²) in [6.07, 6.45) is 0. The minimum Gasteiger partial charge on any atom is -0.362 e. The van der Waals surface area contributed by atoms with Crippen LogP contribution in [0.15, 0.2) is 0 Å². The summed E-state index contributed by atoms with van der Waals surface area (Å²) in [4.78, 5) is 0. The van der Waals surface area contributed by atoms with Crippen LogP contribution in [0.3, 0.4) is 0 Å². The van der Waals surface area contributed by atoms with Crippen molar-refractivity contribution in [1.82, 2.24) is 10.2 Å². The first kappa shape index (κ1) is 5.63. The van der Waals surface area contributed by atoms with E-state index in [1.807, 2.05) is 0 Å². The van der Waals surface area contributed by atoms with Gasteiger partial charge in [-0.2, -0.15) is 0 Å². The minimum atomic E-state index is -1.01. The normalized spacial score (nSPS) is 6.00. The van der Waals surface area contributed by atoms with Crippen molar-refractivity contribution >= 4 is 19.1 Å². The molecule has 0 rings (SSSR count). The van der Waals surface area contributed by atoms with Crippen molar-refractivity contribution in [3.8, 4) is 0 Å². The minimum absolute atomic E-state index is 1.01. The Bertz CT molecular complexity index is 45.5. The zero-order chi connectivity index (χ0) is 4.83. The van der Waals surface area contributed by atoms with E-state index in [2.05, 4.69) is 10.2 Å². The number of hydrogen-bond donors (Lipinski definition) is 2. The van der Waals surface area contributed by atoms with E-state index in [9.17, 15) is 8.92 Å². The molecular weight excluding hydrogens is 116 g/mol. The molecule has 0 aromatic heterocycles. The maximum atomic E-state index is 9.47. The maximum absolute atomic E-state index is 9.47. The molecule has 0 aliphatic heterocycles. The van der Waals surface area contributed by atoms with Gasteiger partial charge in [-0.1, -0.05) is 0 Å². The highest BCUT2D eigenvalue weighted by Crippen LogP contribution is 1.16. The Hall–Kier alpha value is -0.366. The molecule has 0 bridgehead atoms. The van der Waals surface area contributed by atoms with E-state index in [0.29, 0.717) is 0 Å². The van der Waals surface area contributed by atoms with Crippen LogP contribution in [-0.4, -0.2) is 19.1 Å². The van der Waals surface area contributed by atoms with Crippen LogP contribution in [-0.2, 0) is 8.92 Å². The second-order valence-corrected chi connectivity index (χ2v) is 1.57. The first-order valence-corrected chi connectivity index (χ1v) is 3.40. The van der Waals surface area contributed by atoms with Gasteiger partial charge in [0.2, 0.25) is 0 Å². The molecule has 34 valence electrons. The third-order valence-electron chi connectivity index (χ3n) is 0.201. The fraction of sp³-hybridized carbons (Fsp3) is 0. The van der Waals surface area contributed by atoms with Crippen LogP contribution in [0.25, 0.3) is 0 Å².